The van der Waals surface area contributed by atoms with Crippen LogP contribution in [-0.4, -0.2) is 12.5 Å². The number of hydrogen-bond donors (Lipinski definition) is 2. The van der Waals surface area contributed by atoms with Crippen LogP contribution in [0, 0.1) is 12.3 Å². The Morgan fingerprint density at radius 3 is 2.81 bits per heavy atom. The highest BCUT2D eigenvalue weighted by Crippen LogP contribution is 2.43. The predicted octanol–water partition coefficient (Wildman–Crippen LogP) is 4.10. The molecule has 0 saturated heterocycles. The SMILES string of the molecule is CCC1(CNC(=O)c2sc3cc(C)ccc3c2N)CCC1. The largest absolute Gasteiger partial charge is 0.397 e. The van der Waals surface area contributed by atoms with Gasteiger partial charge >= 0.3 is 0 Å². The average Bonchev–Trinajstić information content (AvgIpc) is 2.74. The molecule has 0 bridgehead atoms. The Kier molecular flexibility index (Phi) is 3.66. The van der Waals surface area contributed by atoms with Crippen molar-refractivity contribution in [2.75, 3.05) is 12.3 Å². The van der Waals surface area contributed by atoms with Gasteiger partial charge in [-0.25, -0.2) is 0 Å². The second kappa shape index (κ2) is 5.34. The highest BCUT2D eigenvalue weighted by Gasteiger charge is 2.35. The third-order valence-electron chi connectivity index (χ3n) is 4.88. The summed E-state index contributed by atoms with van der Waals surface area (Å²) >= 11 is 1.49. The summed E-state index contributed by atoms with van der Waals surface area (Å²) in [5.74, 6) is -0.0221. The number of benzene rings is 1. The zero-order valence-corrected chi connectivity index (χ0v) is 13.5. The molecule has 0 spiro atoms. The zero-order valence-electron chi connectivity index (χ0n) is 12.7. The Hall–Kier alpha value is -1.55. The number of anilines is 1. The maximum atomic E-state index is 12.4. The van der Waals surface area contributed by atoms with E-state index < -0.39 is 0 Å². The van der Waals surface area contributed by atoms with Crippen LogP contribution in [0.2, 0.25) is 0 Å². The number of nitrogen functional groups attached to an aromatic ring is 1. The van der Waals surface area contributed by atoms with E-state index in [2.05, 4.69) is 25.2 Å². The van der Waals surface area contributed by atoms with Gasteiger partial charge in [-0.15, -0.1) is 11.3 Å². The quantitative estimate of drug-likeness (QED) is 0.893. The number of rotatable bonds is 4. The molecular weight excluding hydrogens is 280 g/mol. The van der Waals surface area contributed by atoms with Gasteiger partial charge in [0.25, 0.3) is 5.91 Å². The third kappa shape index (κ3) is 2.53. The molecule has 21 heavy (non-hydrogen) atoms. The topological polar surface area (TPSA) is 55.1 Å². The van der Waals surface area contributed by atoms with Crippen LogP contribution in [0.4, 0.5) is 5.69 Å². The molecule has 3 rings (SSSR count). The van der Waals surface area contributed by atoms with Crippen LogP contribution in [0.1, 0.15) is 47.8 Å². The van der Waals surface area contributed by atoms with Crippen molar-refractivity contribution in [3.05, 3.63) is 28.6 Å². The van der Waals surface area contributed by atoms with Gasteiger partial charge in [-0.3, -0.25) is 4.79 Å². The molecule has 1 aromatic heterocycles. The lowest BCUT2D eigenvalue weighted by molar-refractivity contribution is 0.0854. The monoisotopic (exact) mass is 302 g/mol. The van der Waals surface area contributed by atoms with Crippen molar-refractivity contribution in [1.29, 1.82) is 0 Å². The summed E-state index contributed by atoms with van der Waals surface area (Å²) in [5.41, 5.74) is 8.30. The minimum absolute atomic E-state index is 0.0221. The van der Waals surface area contributed by atoms with Crippen LogP contribution in [-0.2, 0) is 0 Å². The highest BCUT2D eigenvalue weighted by molar-refractivity contribution is 7.21. The summed E-state index contributed by atoms with van der Waals surface area (Å²) < 4.78 is 1.09. The number of thiophene rings is 1. The van der Waals surface area contributed by atoms with E-state index in [1.54, 1.807) is 0 Å². The Bertz CT molecular complexity index is 680. The molecule has 112 valence electrons. The number of amides is 1. The molecule has 4 heteroatoms. The van der Waals surface area contributed by atoms with Crippen molar-refractivity contribution in [3.8, 4) is 0 Å². The van der Waals surface area contributed by atoms with E-state index in [9.17, 15) is 4.79 Å². The summed E-state index contributed by atoms with van der Waals surface area (Å²) in [7, 11) is 0. The van der Waals surface area contributed by atoms with Crippen LogP contribution >= 0.6 is 11.3 Å². The van der Waals surface area contributed by atoms with E-state index >= 15 is 0 Å². The molecule has 1 aromatic carbocycles. The van der Waals surface area contributed by atoms with Crippen LogP contribution < -0.4 is 11.1 Å². The summed E-state index contributed by atoms with van der Waals surface area (Å²) in [4.78, 5) is 13.1. The standard InChI is InChI=1S/C17H22N2OS/c1-3-17(7-4-8-17)10-19-16(20)15-14(18)12-6-5-11(2)9-13(12)21-15/h5-6,9H,3-4,7-8,10,18H2,1-2H3,(H,19,20). The summed E-state index contributed by atoms with van der Waals surface area (Å²) in [6, 6.07) is 6.13. The molecule has 2 aromatic rings. The lowest BCUT2D eigenvalue weighted by Crippen LogP contribution is -2.41. The number of nitrogens with one attached hydrogen (secondary N) is 1. The van der Waals surface area contributed by atoms with Gasteiger partial charge in [-0.1, -0.05) is 25.5 Å². The fourth-order valence-corrected chi connectivity index (χ4v) is 4.21. The number of nitrogens with two attached hydrogens (primary N) is 1. The van der Waals surface area contributed by atoms with Crippen LogP contribution in [0.25, 0.3) is 10.1 Å². The van der Waals surface area contributed by atoms with Crippen molar-refractivity contribution in [2.24, 2.45) is 5.41 Å². The first-order chi connectivity index (χ1) is 10.0. The Balaban J connectivity index is 1.80. The molecule has 1 aliphatic rings. The van der Waals surface area contributed by atoms with Gasteiger partial charge in [0.2, 0.25) is 0 Å². The van der Waals surface area contributed by atoms with Gasteiger partial charge in [0.15, 0.2) is 0 Å². The molecule has 0 radical (unpaired) electrons. The molecule has 1 aliphatic carbocycles. The number of hydrogen-bond acceptors (Lipinski definition) is 3. The Labute approximate surface area is 129 Å². The van der Waals surface area contributed by atoms with Gasteiger partial charge in [-0.2, -0.15) is 0 Å². The minimum Gasteiger partial charge on any atom is -0.397 e. The molecule has 3 N–H and O–H groups in total. The van der Waals surface area contributed by atoms with Crippen molar-refractivity contribution >= 4 is 33.0 Å². The number of aryl methyl sites for hydroxylation is 1. The lowest BCUT2D eigenvalue weighted by Gasteiger charge is -2.41. The van der Waals surface area contributed by atoms with E-state index in [1.807, 2.05) is 12.1 Å². The fourth-order valence-electron chi connectivity index (χ4n) is 3.07. The maximum Gasteiger partial charge on any atom is 0.263 e. The van der Waals surface area contributed by atoms with Crippen LogP contribution in [0.5, 0.6) is 0 Å². The molecule has 1 amide bonds. The molecule has 3 nitrogen and oxygen atoms in total. The van der Waals surface area contributed by atoms with E-state index in [-0.39, 0.29) is 5.91 Å². The van der Waals surface area contributed by atoms with E-state index in [1.165, 1.54) is 36.2 Å². The van der Waals surface area contributed by atoms with E-state index in [0.717, 1.165) is 23.1 Å². The first kappa shape index (κ1) is 14.4. The van der Waals surface area contributed by atoms with E-state index in [0.29, 0.717) is 16.0 Å². The van der Waals surface area contributed by atoms with Crippen LogP contribution in [0.15, 0.2) is 18.2 Å². The minimum atomic E-state index is -0.0221. The first-order valence-electron chi connectivity index (χ1n) is 7.61. The number of carbonyl (C=O) groups is 1. The van der Waals surface area contributed by atoms with Gasteiger partial charge in [0.05, 0.1) is 5.69 Å². The summed E-state index contributed by atoms with van der Waals surface area (Å²) in [5, 5.41) is 4.09. The van der Waals surface area contributed by atoms with Gasteiger partial charge < -0.3 is 11.1 Å². The molecule has 1 heterocycles. The molecule has 0 atom stereocenters. The Morgan fingerprint density at radius 1 is 1.43 bits per heavy atom. The van der Waals surface area contributed by atoms with Crippen molar-refractivity contribution in [2.45, 2.75) is 39.5 Å². The predicted molar refractivity (Wildman–Crippen MR) is 89.9 cm³/mol. The lowest BCUT2D eigenvalue weighted by atomic mass is 9.67. The second-order valence-corrected chi connectivity index (χ2v) is 7.29. The van der Waals surface area contributed by atoms with Gasteiger partial charge in [-0.05, 0) is 43.2 Å². The first-order valence-corrected chi connectivity index (χ1v) is 8.43. The highest BCUT2D eigenvalue weighted by atomic mass is 32.1. The zero-order chi connectivity index (χ0) is 15.0. The van der Waals surface area contributed by atoms with E-state index in [4.69, 9.17) is 5.73 Å². The second-order valence-electron chi connectivity index (χ2n) is 6.23. The smallest absolute Gasteiger partial charge is 0.263 e. The molecular formula is C17H22N2OS. The molecule has 1 saturated carbocycles. The average molecular weight is 302 g/mol. The van der Waals surface area contributed by atoms with Crippen LogP contribution in [0.3, 0.4) is 0 Å². The number of carbonyl (C=O) groups excluding carboxylic acids is 1. The van der Waals surface area contributed by atoms with Gasteiger partial charge in [0, 0.05) is 16.6 Å². The fraction of sp³-hybridized carbons (Fsp3) is 0.471. The molecule has 0 unspecified atom stereocenters. The summed E-state index contributed by atoms with van der Waals surface area (Å²) in [6.45, 7) is 5.04. The Morgan fingerprint density at radius 2 is 2.19 bits per heavy atom. The maximum absolute atomic E-state index is 12.4. The summed E-state index contributed by atoms with van der Waals surface area (Å²) in [6.07, 6.45) is 4.87. The molecule has 0 aliphatic heterocycles. The number of fused-ring (bicyclic) bond motifs is 1. The van der Waals surface area contributed by atoms with Crippen molar-refractivity contribution < 1.29 is 4.79 Å². The van der Waals surface area contributed by atoms with Gasteiger partial charge in [0.1, 0.15) is 4.88 Å². The normalized spacial score (nSPS) is 16.7. The van der Waals surface area contributed by atoms with Crippen molar-refractivity contribution in [1.82, 2.24) is 5.32 Å². The molecule has 1 fully saturated rings. The third-order valence-corrected chi connectivity index (χ3v) is 6.05. The van der Waals surface area contributed by atoms with Crippen molar-refractivity contribution in [3.63, 3.8) is 0 Å².